The van der Waals surface area contributed by atoms with Crippen molar-refractivity contribution in [1.82, 2.24) is 30.8 Å². The molecule has 1 aromatic rings. The molecule has 1 aliphatic carbocycles. The fraction of sp³-hybridized carbons (Fsp3) is 0.650. The first kappa shape index (κ1) is 54.9. The molecule has 0 spiro atoms. The van der Waals surface area contributed by atoms with Crippen LogP contribution in [0.25, 0.3) is 0 Å². The number of amides is 7. The number of carbonyl (C=O) groups is 8. The lowest BCUT2D eigenvalue weighted by atomic mass is 9.83. The Balaban J connectivity index is 1.68. The van der Waals surface area contributed by atoms with Crippen LogP contribution < -0.4 is 37.8 Å². The molecule has 2 fully saturated rings. The minimum absolute atomic E-state index is 0.0239. The number of carboxylic acid groups (broad SMARTS) is 1. The highest BCUT2D eigenvalue weighted by Gasteiger charge is 2.40. The van der Waals surface area contributed by atoms with Gasteiger partial charge in [0.2, 0.25) is 41.4 Å². The van der Waals surface area contributed by atoms with E-state index in [1.54, 1.807) is 12.1 Å². The summed E-state index contributed by atoms with van der Waals surface area (Å²) < 4.78 is 19.8. The largest absolute Gasteiger partial charge is 0.481 e. The number of aliphatic hydroxyl groups excluding tert-OH is 2. The number of primary amides is 1. The first-order valence-corrected chi connectivity index (χ1v) is 24.1. The Labute approximate surface area is 387 Å². The molecule has 1 unspecified atom stereocenters. The fourth-order valence-electron chi connectivity index (χ4n) is 7.42. The van der Waals surface area contributed by atoms with Crippen LogP contribution in [0.4, 0.5) is 5.69 Å². The van der Waals surface area contributed by atoms with Crippen molar-refractivity contribution in [2.75, 3.05) is 43.3 Å². The van der Waals surface area contributed by atoms with Gasteiger partial charge in [0, 0.05) is 62.8 Å². The molecule has 7 amide bonds. The number of carboxylic acids is 1. The summed E-state index contributed by atoms with van der Waals surface area (Å²) in [7, 11) is -3.72. The normalized spacial score (nSPS) is 19.2. The second kappa shape index (κ2) is 27.3. The molecule has 65 heavy (non-hydrogen) atoms. The van der Waals surface area contributed by atoms with E-state index < -0.39 is 104 Å². The number of nitrogens with one attached hydrogen (secondary N) is 5. The van der Waals surface area contributed by atoms with Crippen molar-refractivity contribution >= 4 is 83.9 Å². The first-order chi connectivity index (χ1) is 30.8. The van der Waals surface area contributed by atoms with E-state index in [4.69, 9.17) is 44.1 Å². The van der Waals surface area contributed by atoms with Crippen LogP contribution in [0.15, 0.2) is 24.3 Å². The number of nitrogens with zero attached hydrogens (tertiary/aromatic N) is 2. The Hall–Kier alpha value is -4.41. The van der Waals surface area contributed by atoms with E-state index in [1.165, 1.54) is 23.7 Å². The van der Waals surface area contributed by atoms with Gasteiger partial charge in [0.15, 0.2) is 0 Å². The van der Waals surface area contributed by atoms with Crippen molar-refractivity contribution in [3.63, 3.8) is 0 Å². The number of hydrogen-bond donors (Lipinski definition) is 10. The number of likely N-dealkylation sites (tertiary alicyclic amines) is 1. The molecule has 0 radical (unpaired) electrons. The Morgan fingerprint density at radius 2 is 1.51 bits per heavy atom. The van der Waals surface area contributed by atoms with Crippen LogP contribution in [0.3, 0.4) is 0 Å². The summed E-state index contributed by atoms with van der Waals surface area (Å²) in [5.41, 5.74) is 12.2. The molecule has 0 aromatic heterocycles. The maximum absolute atomic E-state index is 14.0. The highest BCUT2D eigenvalue weighted by molar-refractivity contribution is 7.53. The predicted molar refractivity (Wildman–Crippen MR) is 238 cm³/mol. The molecule has 1 aliphatic heterocycles. The van der Waals surface area contributed by atoms with Crippen LogP contribution >= 0.6 is 30.9 Å². The van der Waals surface area contributed by atoms with E-state index in [2.05, 4.69) is 26.6 Å². The Kier molecular flexibility index (Phi) is 23.1. The SMILES string of the molecule is C[C@H](NC(=O)[C@@H]1C[C@@H](O)CN1C(=O)CCCC(=O)O)C(=O)N[C@@H](CO)C(=O)N[C@H](C(=O)N[C@@H](CCC(N)=O)C(=O)Nc1ccc(COP(N)(=O)N(CCCl)CCCl)cc1)C1CCCCC1. The van der Waals surface area contributed by atoms with Gasteiger partial charge in [-0.1, -0.05) is 31.4 Å². The van der Waals surface area contributed by atoms with Gasteiger partial charge in [-0.3, -0.25) is 42.9 Å². The number of aliphatic carboxylic acids is 1. The summed E-state index contributed by atoms with van der Waals surface area (Å²) >= 11 is 11.6. The van der Waals surface area contributed by atoms with Gasteiger partial charge in [-0.15, -0.1) is 23.2 Å². The molecular weight excluding hydrogens is 916 g/mol. The number of nitrogens with two attached hydrogens (primary N) is 2. The van der Waals surface area contributed by atoms with Crippen molar-refractivity contribution in [2.45, 2.75) is 120 Å². The average molecular weight is 979 g/mol. The molecule has 364 valence electrons. The molecule has 1 saturated heterocycles. The van der Waals surface area contributed by atoms with Gasteiger partial charge >= 0.3 is 13.6 Å². The van der Waals surface area contributed by atoms with Crippen LogP contribution in [0.1, 0.15) is 83.1 Å². The maximum Gasteiger partial charge on any atom is 0.341 e. The first-order valence-electron chi connectivity index (χ1n) is 21.4. The van der Waals surface area contributed by atoms with Gasteiger partial charge in [-0.25, -0.2) is 10.2 Å². The van der Waals surface area contributed by atoms with Crippen LogP contribution in [0, 0.1) is 5.92 Å². The van der Waals surface area contributed by atoms with Gasteiger partial charge in [0.05, 0.1) is 19.3 Å². The lowest BCUT2D eigenvalue weighted by Crippen LogP contribution is -2.60. The fourth-order valence-corrected chi connectivity index (χ4v) is 9.32. The zero-order chi connectivity index (χ0) is 48.3. The zero-order valence-electron chi connectivity index (χ0n) is 36.3. The van der Waals surface area contributed by atoms with Crippen molar-refractivity contribution < 1.29 is 62.8 Å². The number of halogens is 2. The lowest BCUT2D eigenvalue weighted by Gasteiger charge is -2.32. The van der Waals surface area contributed by atoms with Crippen LogP contribution in [-0.4, -0.2) is 147 Å². The van der Waals surface area contributed by atoms with Crippen molar-refractivity contribution in [1.29, 1.82) is 0 Å². The van der Waals surface area contributed by atoms with E-state index in [9.17, 15) is 53.1 Å². The second-order valence-corrected chi connectivity index (χ2v) is 18.7. The van der Waals surface area contributed by atoms with Gasteiger partial charge in [0.25, 0.3) is 0 Å². The maximum atomic E-state index is 14.0. The van der Waals surface area contributed by atoms with Gasteiger partial charge in [0.1, 0.15) is 30.2 Å². The molecule has 1 heterocycles. The lowest BCUT2D eigenvalue weighted by molar-refractivity contribution is -0.140. The smallest absolute Gasteiger partial charge is 0.341 e. The molecule has 12 N–H and O–H groups in total. The number of hydrogen-bond acceptors (Lipinski definition) is 12. The quantitative estimate of drug-likeness (QED) is 0.0410. The highest BCUT2D eigenvalue weighted by Crippen LogP contribution is 2.43. The van der Waals surface area contributed by atoms with Crippen LogP contribution in [0.2, 0.25) is 0 Å². The summed E-state index contributed by atoms with van der Waals surface area (Å²) in [5, 5.41) is 42.0. The highest BCUT2D eigenvalue weighted by atomic mass is 35.5. The number of benzene rings is 1. The van der Waals surface area contributed by atoms with E-state index in [-0.39, 0.29) is 76.5 Å². The summed E-state index contributed by atoms with van der Waals surface area (Å²) in [4.78, 5) is 104. The number of aliphatic hydroxyl groups is 2. The molecule has 1 saturated carbocycles. The molecular formula is C40H62Cl2N9O13P. The van der Waals surface area contributed by atoms with E-state index in [0.29, 0.717) is 24.1 Å². The van der Waals surface area contributed by atoms with Crippen molar-refractivity contribution in [2.24, 2.45) is 17.2 Å². The monoisotopic (exact) mass is 977 g/mol. The third-order valence-electron chi connectivity index (χ3n) is 11.0. The molecule has 1 aromatic carbocycles. The Morgan fingerprint density at radius 1 is 0.877 bits per heavy atom. The molecule has 2 aliphatic rings. The summed E-state index contributed by atoms with van der Waals surface area (Å²) in [6.07, 6.45) is 1.35. The Bertz CT molecular complexity index is 1860. The number of alkyl halides is 2. The topological polar surface area (TPSA) is 342 Å². The number of carbonyl (C=O) groups excluding carboxylic acids is 7. The van der Waals surface area contributed by atoms with E-state index in [0.717, 1.165) is 24.2 Å². The van der Waals surface area contributed by atoms with Gasteiger partial charge in [-0.05, 0) is 56.2 Å². The molecule has 22 nitrogen and oxygen atoms in total. The van der Waals surface area contributed by atoms with Crippen LogP contribution in [0.5, 0.6) is 0 Å². The number of rotatable bonds is 27. The number of β-amino-alcohol motifs (C(OH)–C–C–N with tert-alkyl or cyclic N) is 1. The summed E-state index contributed by atoms with van der Waals surface area (Å²) in [6, 6.07) is -0.372. The minimum Gasteiger partial charge on any atom is -0.481 e. The summed E-state index contributed by atoms with van der Waals surface area (Å²) in [6.45, 7) is 0.470. The standard InChI is InChI=1S/C40H62Cl2N9O13P/c1-24(45-39(61)31-20-28(53)21-51(31)33(55)8-5-9-34(56)57)36(58)48-30(22-52)38(60)49-35(26-6-3-2-4-7-26)40(62)47-29(14-15-32(43)54)37(59)46-27-12-10-25(11-13-27)23-64-65(44,63)50(18-16-41)19-17-42/h10-13,24,26,28-31,35,52-53H,2-9,14-23H2,1H3,(H2,43,54)(H2,44,63)(H,45,61)(H,46,59)(H,47,62)(H,48,58)(H,49,60)(H,56,57)/t24-,28+,29-,30-,31-,35-,65?/m0/s1. The molecule has 7 atom stereocenters. The minimum atomic E-state index is -3.72. The predicted octanol–water partition coefficient (Wildman–Crippen LogP) is 0.00200. The van der Waals surface area contributed by atoms with E-state index in [1.807, 2.05) is 0 Å². The average Bonchev–Trinajstić information content (AvgIpc) is 3.67. The summed E-state index contributed by atoms with van der Waals surface area (Å²) in [5.74, 6) is -6.57. The zero-order valence-corrected chi connectivity index (χ0v) is 38.7. The van der Waals surface area contributed by atoms with Crippen molar-refractivity contribution in [3.8, 4) is 0 Å². The van der Waals surface area contributed by atoms with Gasteiger partial charge < -0.3 is 57.1 Å². The molecule has 0 bridgehead atoms. The third-order valence-corrected chi connectivity index (χ3v) is 13.0. The van der Waals surface area contributed by atoms with Gasteiger partial charge in [-0.2, -0.15) is 0 Å². The van der Waals surface area contributed by atoms with Crippen LogP contribution in [-0.2, 0) is 54.1 Å². The molecule has 25 heteroatoms. The molecule has 3 rings (SSSR count). The third kappa shape index (κ3) is 18.1. The van der Waals surface area contributed by atoms with Crippen molar-refractivity contribution in [3.05, 3.63) is 29.8 Å². The second-order valence-electron chi connectivity index (χ2n) is 16.0. The Morgan fingerprint density at radius 3 is 2.09 bits per heavy atom. The number of anilines is 1. The van der Waals surface area contributed by atoms with E-state index >= 15 is 0 Å².